The van der Waals surface area contributed by atoms with Gasteiger partial charge < -0.3 is 5.32 Å². The summed E-state index contributed by atoms with van der Waals surface area (Å²) in [5, 5.41) is 22.5. The van der Waals surface area contributed by atoms with Gasteiger partial charge in [0.2, 0.25) is 5.91 Å². The van der Waals surface area contributed by atoms with E-state index < -0.39 is 0 Å². The van der Waals surface area contributed by atoms with Crippen molar-refractivity contribution >= 4 is 34.0 Å². The summed E-state index contributed by atoms with van der Waals surface area (Å²) in [6, 6.07) is 6.50. The number of hydrogen-bond acceptors (Lipinski definition) is 7. The number of carbonyl (C=O) groups excluding carboxylic acids is 1. The van der Waals surface area contributed by atoms with Crippen LogP contribution in [0.25, 0.3) is 11.4 Å². The topological polar surface area (TPSA) is 96.5 Å². The fourth-order valence-corrected chi connectivity index (χ4v) is 5.69. The molecular weight excluding hydrogens is 404 g/mol. The number of rotatable bonds is 6. The average molecular weight is 423 g/mol. The van der Waals surface area contributed by atoms with Crippen LogP contribution in [0.1, 0.15) is 41.3 Å². The Morgan fingerprint density at radius 3 is 3.03 bits per heavy atom. The summed E-state index contributed by atoms with van der Waals surface area (Å²) >= 11 is 2.92. The van der Waals surface area contributed by atoms with Crippen molar-refractivity contribution in [2.45, 2.75) is 43.3 Å². The van der Waals surface area contributed by atoms with Gasteiger partial charge in [-0.15, -0.1) is 21.5 Å². The molecule has 2 aliphatic carbocycles. The third kappa shape index (κ3) is 3.54. The highest BCUT2D eigenvalue weighted by Gasteiger charge is 2.30. The quantitative estimate of drug-likeness (QED) is 0.607. The molecule has 0 bridgehead atoms. The first kappa shape index (κ1) is 18.3. The zero-order valence-electron chi connectivity index (χ0n) is 15.6. The van der Waals surface area contributed by atoms with Gasteiger partial charge in [-0.05, 0) is 49.8 Å². The Morgan fingerprint density at radius 1 is 1.38 bits per heavy atom. The molecule has 9 heteroatoms. The molecule has 1 N–H and O–H groups in total. The molecule has 2 aliphatic rings. The molecular formula is C20H18N6OS2. The van der Waals surface area contributed by atoms with E-state index in [1.807, 2.05) is 12.1 Å². The second-order valence-corrected chi connectivity index (χ2v) is 9.21. The lowest BCUT2D eigenvalue weighted by Crippen LogP contribution is -2.14. The van der Waals surface area contributed by atoms with E-state index in [0.717, 1.165) is 54.2 Å². The second-order valence-electron chi connectivity index (χ2n) is 7.16. The molecule has 0 atom stereocenters. The average Bonchev–Trinajstić information content (AvgIpc) is 3.18. The van der Waals surface area contributed by atoms with E-state index in [0.29, 0.717) is 16.6 Å². The third-order valence-electron chi connectivity index (χ3n) is 5.11. The zero-order valence-corrected chi connectivity index (χ0v) is 17.2. The Bertz CT molecular complexity index is 1110. The van der Waals surface area contributed by atoms with Crippen molar-refractivity contribution in [1.29, 1.82) is 5.26 Å². The van der Waals surface area contributed by atoms with E-state index in [4.69, 9.17) is 0 Å². The Morgan fingerprint density at radius 2 is 2.28 bits per heavy atom. The van der Waals surface area contributed by atoms with Crippen LogP contribution in [0.5, 0.6) is 0 Å². The van der Waals surface area contributed by atoms with Crippen molar-refractivity contribution in [1.82, 2.24) is 19.7 Å². The summed E-state index contributed by atoms with van der Waals surface area (Å²) in [4.78, 5) is 18.0. The van der Waals surface area contributed by atoms with Gasteiger partial charge in [0.15, 0.2) is 11.0 Å². The second kappa shape index (κ2) is 7.61. The number of anilines is 1. The molecule has 0 saturated heterocycles. The van der Waals surface area contributed by atoms with Crippen molar-refractivity contribution < 1.29 is 4.79 Å². The van der Waals surface area contributed by atoms with E-state index in [9.17, 15) is 10.1 Å². The molecule has 7 nitrogen and oxygen atoms in total. The number of thioether (sulfide) groups is 1. The monoisotopic (exact) mass is 422 g/mol. The first-order valence-electron chi connectivity index (χ1n) is 9.57. The molecule has 29 heavy (non-hydrogen) atoms. The third-order valence-corrected chi connectivity index (χ3v) is 7.27. The minimum atomic E-state index is -0.125. The van der Waals surface area contributed by atoms with Crippen LogP contribution >= 0.6 is 23.1 Å². The van der Waals surface area contributed by atoms with Gasteiger partial charge in [-0.3, -0.25) is 14.3 Å². The molecule has 0 spiro atoms. The van der Waals surface area contributed by atoms with Gasteiger partial charge in [0, 0.05) is 28.9 Å². The molecule has 1 amide bonds. The van der Waals surface area contributed by atoms with Gasteiger partial charge in [-0.25, -0.2) is 0 Å². The number of nitriles is 1. The summed E-state index contributed by atoms with van der Waals surface area (Å²) in [7, 11) is 0. The number of hydrogen-bond donors (Lipinski definition) is 1. The molecule has 3 aromatic heterocycles. The molecule has 0 unspecified atom stereocenters. The molecule has 1 fully saturated rings. The van der Waals surface area contributed by atoms with Gasteiger partial charge in [0.25, 0.3) is 0 Å². The number of nitrogens with zero attached hydrogens (tertiary/aromatic N) is 5. The summed E-state index contributed by atoms with van der Waals surface area (Å²) in [6.45, 7) is 0. The lowest BCUT2D eigenvalue weighted by Gasteiger charge is -2.08. The molecule has 0 radical (unpaired) electrons. The molecule has 3 aromatic rings. The summed E-state index contributed by atoms with van der Waals surface area (Å²) in [5.41, 5.74) is 2.69. The van der Waals surface area contributed by atoms with E-state index in [1.54, 1.807) is 12.4 Å². The Balaban J connectivity index is 1.30. The fraction of sp³-hybridized carbons (Fsp3) is 0.350. The Kier molecular flexibility index (Phi) is 4.81. The van der Waals surface area contributed by atoms with Gasteiger partial charge >= 0.3 is 0 Å². The van der Waals surface area contributed by atoms with Crippen molar-refractivity contribution in [2.75, 3.05) is 11.1 Å². The molecule has 0 aromatic carbocycles. The number of aromatic nitrogens is 4. The van der Waals surface area contributed by atoms with Crippen LogP contribution in [0.4, 0.5) is 5.00 Å². The van der Waals surface area contributed by atoms with E-state index in [1.165, 1.54) is 28.0 Å². The predicted molar refractivity (Wildman–Crippen MR) is 112 cm³/mol. The number of aryl methyl sites for hydroxylation is 1. The molecule has 1 saturated carbocycles. The van der Waals surface area contributed by atoms with Crippen molar-refractivity contribution in [3.63, 3.8) is 0 Å². The maximum atomic E-state index is 12.6. The maximum Gasteiger partial charge on any atom is 0.235 e. The number of thiophene rings is 1. The van der Waals surface area contributed by atoms with Crippen LogP contribution in [-0.2, 0) is 17.6 Å². The highest BCUT2D eigenvalue weighted by Crippen LogP contribution is 2.41. The van der Waals surface area contributed by atoms with Crippen molar-refractivity contribution in [2.24, 2.45) is 0 Å². The molecule has 5 rings (SSSR count). The summed E-state index contributed by atoms with van der Waals surface area (Å²) in [5.74, 6) is 0.898. The first-order chi connectivity index (χ1) is 14.2. The Labute approximate surface area is 176 Å². The van der Waals surface area contributed by atoms with Gasteiger partial charge in [-0.1, -0.05) is 11.8 Å². The standard InChI is InChI=1S/C20H18N6OS2/c21-9-15-14-4-1-5-16(14)29-19(15)23-17(27)11-28-20-25-24-18(26(20)13-6-7-13)12-3-2-8-22-10-12/h2-3,8,10,13H,1,4-7,11H2,(H,23,27). The Hall–Kier alpha value is -2.70. The van der Waals surface area contributed by atoms with Gasteiger partial charge in [0.05, 0.1) is 11.3 Å². The summed E-state index contributed by atoms with van der Waals surface area (Å²) in [6.07, 6.45) is 8.73. The lowest BCUT2D eigenvalue weighted by molar-refractivity contribution is -0.113. The normalized spacial score (nSPS) is 15.1. The number of nitrogens with one attached hydrogen (secondary N) is 1. The van der Waals surface area contributed by atoms with Crippen molar-refractivity contribution in [3.05, 3.63) is 40.5 Å². The van der Waals surface area contributed by atoms with Crippen LogP contribution in [0.2, 0.25) is 0 Å². The van der Waals surface area contributed by atoms with Crippen LogP contribution in [0, 0.1) is 11.3 Å². The number of amides is 1. The zero-order chi connectivity index (χ0) is 19.8. The number of pyridine rings is 1. The van der Waals surface area contributed by atoms with Crippen molar-refractivity contribution in [3.8, 4) is 17.5 Å². The van der Waals surface area contributed by atoms with E-state index >= 15 is 0 Å². The first-order valence-corrected chi connectivity index (χ1v) is 11.4. The SMILES string of the molecule is N#Cc1c(NC(=O)CSc2nnc(-c3cccnc3)n2C2CC2)sc2c1CCC2. The lowest BCUT2D eigenvalue weighted by atomic mass is 10.1. The fourth-order valence-electron chi connectivity index (χ4n) is 3.63. The number of carbonyl (C=O) groups is 1. The predicted octanol–water partition coefficient (Wildman–Crippen LogP) is 3.83. The molecule has 3 heterocycles. The van der Waals surface area contributed by atoms with Gasteiger partial charge in [0.1, 0.15) is 11.1 Å². The van der Waals surface area contributed by atoms with E-state index in [-0.39, 0.29) is 11.7 Å². The van der Waals surface area contributed by atoms with Gasteiger partial charge in [-0.2, -0.15) is 5.26 Å². The van der Waals surface area contributed by atoms with E-state index in [2.05, 4.69) is 31.1 Å². The van der Waals surface area contributed by atoms with Crippen LogP contribution in [0.3, 0.4) is 0 Å². The minimum Gasteiger partial charge on any atom is -0.316 e. The highest BCUT2D eigenvalue weighted by molar-refractivity contribution is 7.99. The summed E-state index contributed by atoms with van der Waals surface area (Å²) < 4.78 is 2.12. The molecule has 146 valence electrons. The smallest absolute Gasteiger partial charge is 0.235 e. The number of fused-ring (bicyclic) bond motifs is 1. The van der Waals surface area contributed by atoms with Crippen LogP contribution in [-0.4, -0.2) is 31.4 Å². The maximum absolute atomic E-state index is 12.6. The largest absolute Gasteiger partial charge is 0.316 e. The van der Waals surface area contributed by atoms with Crippen LogP contribution in [0.15, 0.2) is 29.7 Å². The molecule has 0 aliphatic heterocycles. The van der Waals surface area contributed by atoms with Crippen LogP contribution < -0.4 is 5.32 Å². The highest BCUT2D eigenvalue weighted by atomic mass is 32.2. The minimum absolute atomic E-state index is 0.125.